The van der Waals surface area contributed by atoms with Gasteiger partial charge in [-0.3, -0.25) is 18.9 Å². The number of hydrogen-bond acceptors (Lipinski definition) is 8. The summed E-state index contributed by atoms with van der Waals surface area (Å²) in [6.07, 6.45) is 4.13. The van der Waals surface area contributed by atoms with Gasteiger partial charge in [0.1, 0.15) is 15.8 Å². The van der Waals surface area contributed by atoms with Gasteiger partial charge in [0.2, 0.25) is 6.79 Å². The Balaban J connectivity index is 1.55. The molecule has 35 heavy (non-hydrogen) atoms. The van der Waals surface area contributed by atoms with Crippen LogP contribution in [0.25, 0.3) is 11.7 Å². The topological polar surface area (TPSA) is 85.2 Å². The van der Waals surface area contributed by atoms with Gasteiger partial charge in [0.15, 0.2) is 11.5 Å². The molecule has 5 rings (SSSR count). The summed E-state index contributed by atoms with van der Waals surface area (Å²) < 4.78 is 12.8. The van der Waals surface area contributed by atoms with E-state index in [0.717, 1.165) is 17.5 Å². The van der Waals surface area contributed by atoms with Gasteiger partial charge in [-0.15, -0.1) is 0 Å². The van der Waals surface area contributed by atoms with Gasteiger partial charge in [-0.25, -0.2) is 4.98 Å². The fourth-order valence-electron chi connectivity index (χ4n) is 3.93. The number of thioether (sulfide) groups is 1. The highest BCUT2D eigenvalue weighted by molar-refractivity contribution is 8.26. The molecule has 0 bridgehead atoms. The first-order chi connectivity index (χ1) is 16.9. The van der Waals surface area contributed by atoms with E-state index in [0.29, 0.717) is 44.3 Å². The van der Waals surface area contributed by atoms with Crippen LogP contribution >= 0.6 is 24.0 Å². The van der Waals surface area contributed by atoms with Crippen LogP contribution in [0.3, 0.4) is 0 Å². The van der Waals surface area contributed by atoms with Gasteiger partial charge in [0.25, 0.3) is 11.5 Å². The van der Waals surface area contributed by atoms with Crippen molar-refractivity contribution in [2.75, 3.05) is 12.1 Å². The van der Waals surface area contributed by atoms with Crippen LogP contribution in [-0.4, -0.2) is 37.3 Å². The van der Waals surface area contributed by atoms with Gasteiger partial charge in [-0.1, -0.05) is 43.0 Å². The van der Waals surface area contributed by atoms with E-state index < -0.39 is 0 Å². The molecule has 2 aliphatic heterocycles. The van der Waals surface area contributed by atoms with Crippen molar-refractivity contribution in [3.8, 4) is 11.5 Å². The molecule has 2 aromatic heterocycles. The van der Waals surface area contributed by atoms with E-state index in [9.17, 15) is 9.59 Å². The smallest absolute Gasteiger partial charge is 0.267 e. The summed E-state index contributed by atoms with van der Waals surface area (Å²) in [5, 5.41) is 3.28. The number of aromatic nitrogens is 2. The van der Waals surface area contributed by atoms with Crippen molar-refractivity contribution in [1.29, 1.82) is 0 Å². The molecule has 4 heterocycles. The van der Waals surface area contributed by atoms with Crippen LogP contribution in [0, 0.1) is 6.92 Å². The van der Waals surface area contributed by atoms with Crippen LogP contribution < -0.4 is 20.3 Å². The average molecular weight is 509 g/mol. The van der Waals surface area contributed by atoms with E-state index in [1.165, 1.54) is 16.2 Å². The molecule has 2 aliphatic rings. The molecule has 3 aromatic rings. The third kappa shape index (κ3) is 4.39. The Hall–Kier alpha value is -3.37. The average Bonchev–Trinajstić information content (AvgIpc) is 3.42. The minimum Gasteiger partial charge on any atom is -0.454 e. The SMILES string of the molecule is CCC(C)N1C(=O)C(=Cc2c(NCc3ccc4c(c3)OCO4)nc3ccc(C)cn3c2=O)SC1=S. The molecule has 8 nitrogen and oxygen atoms in total. The van der Waals surface area contributed by atoms with Crippen molar-refractivity contribution in [3.05, 3.63) is 68.5 Å². The van der Waals surface area contributed by atoms with Crippen molar-refractivity contribution in [2.45, 2.75) is 39.8 Å². The number of rotatable bonds is 6. The van der Waals surface area contributed by atoms with Crippen LogP contribution in [0.1, 0.15) is 37.0 Å². The lowest BCUT2D eigenvalue weighted by molar-refractivity contribution is -0.123. The van der Waals surface area contributed by atoms with Crippen LogP contribution in [0.15, 0.2) is 46.2 Å². The highest BCUT2D eigenvalue weighted by Gasteiger charge is 2.35. The number of thiocarbonyl (C=S) groups is 1. The highest BCUT2D eigenvalue weighted by atomic mass is 32.2. The van der Waals surface area contributed by atoms with Gasteiger partial charge in [-0.2, -0.15) is 0 Å². The van der Waals surface area contributed by atoms with Gasteiger partial charge >= 0.3 is 0 Å². The second-order valence-corrected chi connectivity index (χ2v) is 10.1. The van der Waals surface area contributed by atoms with Crippen molar-refractivity contribution < 1.29 is 14.3 Å². The Kier molecular flexibility index (Phi) is 6.24. The highest BCUT2D eigenvalue weighted by Crippen LogP contribution is 2.35. The first kappa shape index (κ1) is 23.4. The normalized spacial score (nSPS) is 17.0. The minimum absolute atomic E-state index is 0.0181. The molecule has 180 valence electrons. The molecular weight excluding hydrogens is 484 g/mol. The van der Waals surface area contributed by atoms with Crippen molar-refractivity contribution in [2.24, 2.45) is 0 Å². The number of amides is 1. The summed E-state index contributed by atoms with van der Waals surface area (Å²) in [4.78, 5) is 33.4. The van der Waals surface area contributed by atoms with Crippen molar-refractivity contribution in [1.82, 2.24) is 14.3 Å². The molecule has 10 heteroatoms. The first-order valence-electron chi connectivity index (χ1n) is 11.3. The van der Waals surface area contributed by atoms with E-state index in [-0.39, 0.29) is 24.3 Å². The largest absolute Gasteiger partial charge is 0.454 e. The minimum atomic E-state index is -0.263. The summed E-state index contributed by atoms with van der Waals surface area (Å²) in [5.41, 5.74) is 2.42. The molecule has 0 saturated carbocycles. The molecule has 1 aromatic carbocycles. The third-order valence-electron chi connectivity index (χ3n) is 6.03. The summed E-state index contributed by atoms with van der Waals surface area (Å²) in [6.45, 7) is 6.48. The number of benzene rings is 1. The van der Waals surface area contributed by atoms with Gasteiger partial charge < -0.3 is 14.8 Å². The molecule has 1 atom stereocenters. The fourth-order valence-corrected chi connectivity index (χ4v) is 5.38. The number of carbonyl (C=O) groups is 1. The Morgan fingerprint density at radius 1 is 1.23 bits per heavy atom. The Labute approximate surface area is 211 Å². The zero-order chi connectivity index (χ0) is 24.7. The standard InChI is InChI=1S/C25H24N4O4S2/c1-4-15(3)29-24(31)20(35-25(29)34)10-17-22(27-21-8-5-14(2)12-28(21)23(17)30)26-11-16-6-7-18-19(9-16)33-13-32-18/h5-10,12,15,26H,4,11,13H2,1-3H3. The molecule has 1 fully saturated rings. The fraction of sp³-hybridized carbons (Fsp3) is 0.280. The molecule has 0 aliphatic carbocycles. The second-order valence-electron chi connectivity index (χ2n) is 8.46. The lowest BCUT2D eigenvalue weighted by Gasteiger charge is -2.21. The number of nitrogens with one attached hydrogen (secondary N) is 1. The van der Waals surface area contributed by atoms with Gasteiger partial charge in [-0.05, 0) is 55.7 Å². The lowest BCUT2D eigenvalue weighted by Crippen LogP contribution is -2.36. The number of ether oxygens (including phenoxy) is 2. The maximum absolute atomic E-state index is 13.5. The third-order valence-corrected chi connectivity index (χ3v) is 7.36. The number of nitrogens with zero attached hydrogens (tertiary/aromatic N) is 3. The van der Waals surface area contributed by atoms with Crippen LogP contribution in [0.2, 0.25) is 0 Å². The maximum Gasteiger partial charge on any atom is 0.267 e. The Bertz CT molecular complexity index is 1450. The van der Waals surface area contributed by atoms with E-state index >= 15 is 0 Å². The summed E-state index contributed by atoms with van der Waals surface area (Å²) in [7, 11) is 0. The zero-order valence-electron chi connectivity index (χ0n) is 19.5. The lowest BCUT2D eigenvalue weighted by atomic mass is 10.2. The molecular formula is C25H24N4O4S2. The molecule has 0 radical (unpaired) electrons. The van der Waals surface area contributed by atoms with E-state index in [4.69, 9.17) is 26.7 Å². The number of fused-ring (bicyclic) bond motifs is 2. The number of aryl methyl sites for hydroxylation is 1. The zero-order valence-corrected chi connectivity index (χ0v) is 21.2. The monoisotopic (exact) mass is 508 g/mol. The number of hydrogen-bond donors (Lipinski definition) is 1. The second kappa shape index (κ2) is 9.35. The summed E-state index contributed by atoms with van der Waals surface area (Å²) >= 11 is 6.67. The predicted octanol–water partition coefficient (Wildman–Crippen LogP) is 4.34. The Morgan fingerprint density at radius 2 is 2.03 bits per heavy atom. The number of pyridine rings is 1. The molecule has 1 saturated heterocycles. The quantitative estimate of drug-likeness (QED) is 0.389. The molecule has 1 unspecified atom stereocenters. The number of anilines is 1. The van der Waals surface area contributed by atoms with Crippen molar-refractivity contribution in [3.63, 3.8) is 0 Å². The predicted molar refractivity (Wildman–Crippen MR) is 141 cm³/mol. The Morgan fingerprint density at radius 3 is 2.83 bits per heavy atom. The van der Waals surface area contributed by atoms with Crippen LogP contribution in [0.5, 0.6) is 11.5 Å². The van der Waals surface area contributed by atoms with E-state index in [2.05, 4.69) is 5.32 Å². The molecule has 1 N–H and O–H groups in total. The first-order valence-corrected chi connectivity index (χ1v) is 12.5. The summed E-state index contributed by atoms with van der Waals surface area (Å²) in [6, 6.07) is 9.36. The van der Waals surface area contributed by atoms with Gasteiger partial charge in [0.05, 0.1) is 10.5 Å². The van der Waals surface area contributed by atoms with E-state index in [1.54, 1.807) is 23.2 Å². The number of carbonyl (C=O) groups excluding carboxylic acids is 1. The van der Waals surface area contributed by atoms with Gasteiger partial charge in [0, 0.05) is 18.8 Å². The summed E-state index contributed by atoms with van der Waals surface area (Å²) in [5.74, 6) is 1.59. The molecule has 0 spiro atoms. The van der Waals surface area contributed by atoms with Crippen LogP contribution in [0.4, 0.5) is 5.82 Å². The maximum atomic E-state index is 13.5. The molecule has 1 amide bonds. The van der Waals surface area contributed by atoms with E-state index in [1.807, 2.05) is 45.0 Å². The van der Waals surface area contributed by atoms with Crippen LogP contribution in [-0.2, 0) is 11.3 Å². The van der Waals surface area contributed by atoms with Crippen molar-refractivity contribution >= 4 is 51.7 Å².